The van der Waals surface area contributed by atoms with E-state index < -0.39 is 5.97 Å². The highest BCUT2D eigenvalue weighted by Gasteiger charge is 2.28. The van der Waals surface area contributed by atoms with Gasteiger partial charge in [0.1, 0.15) is 0 Å². The lowest BCUT2D eigenvalue weighted by molar-refractivity contribution is 0.0601. The van der Waals surface area contributed by atoms with E-state index in [1.807, 2.05) is 26.0 Å². The minimum atomic E-state index is -0.529. The Morgan fingerprint density at radius 1 is 1.22 bits per heavy atom. The Kier molecular flexibility index (Phi) is 6.77. The highest BCUT2D eigenvalue weighted by atomic mass is 16.5. The smallest absolute Gasteiger partial charge is 0.340 e. The van der Waals surface area contributed by atoms with Crippen LogP contribution in [-0.4, -0.2) is 35.7 Å². The number of carbonyl (C=O) groups is 1. The lowest BCUT2D eigenvalue weighted by atomic mass is 9.83. The van der Waals surface area contributed by atoms with Gasteiger partial charge in [0.15, 0.2) is 0 Å². The lowest BCUT2D eigenvalue weighted by Crippen LogP contribution is -2.40. The number of fused-ring (bicyclic) bond motifs is 1. The van der Waals surface area contributed by atoms with Gasteiger partial charge in [0.05, 0.1) is 41.3 Å². The van der Waals surface area contributed by atoms with Crippen LogP contribution in [0.25, 0.3) is 10.9 Å². The van der Waals surface area contributed by atoms with E-state index in [2.05, 4.69) is 30.1 Å². The number of piperidine rings is 1. The van der Waals surface area contributed by atoms with E-state index >= 15 is 0 Å². The predicted octanol–water partition coefficient (Wildman–Crippen LogP) is 4.70. The molecular weight excluding hydrogens is 454 g/mol. The number of anilines is 2. The average molecular weight is 488 g/mol. The summed E-state index contributed by atoms with van der Waals surface area (Å²) in [5.74, 6) is 0.145. The first-order valence-corrected chi connectivity index (χ1v) is 12.2. The molecular formula is C28H33N5O3. The van der Waals surface area contributed by atoms with Gasteiger partial charge in [-0.1, -0.05) is 19.9 Å². The molecule has 0 aliphatic carbocycles. The molecule has 1 saturated heterocycles. The summed E-state index contributed by atoms with van der Waals surface area (Å²) in [7, 11) is 3.10. The molecule has 1 unspecified atom stereocenters. The molecule has 1 aromatic heterocycles. The van der Waals surface area contributed by atoms with Gasteiger partial charge in [0, 0.05) is 31.4 Å². The third-order valence-corrected chi connectivity index (χ3v) is 7.12. The van der Waals surface area contributed by atoms with E-state index in [0.29, 0.717) is 28.1 Å². The zero-order valence-corrected chi connectivity index (χ0v) is 21.8. The maximum absolute atomic E-state index is 13.4. The van der Waals surface area contributed by atoms with Crippen LogP contribution in [-0.2, 0) is 11.8 Å². The van der Waals surface area contributed by atoms with E-state index in [-0.39, 0.29) is 22.6 Å². The molecule has 0 spiro atoms. The normalized spacial score (nSPS) is 15.9. The largest absolute Gasteiger partial charge is 0.465 e. The summed E-state index contributed by atoms with van der Waals surface area (Å²) in [5, 5.41) is 13.2. The topological polar surface area (TPSA) is 100 Å². The first kappa shape index (κ1) is 25.2. The van der Waals surface area contributed by atoms with Crippen molar-refractivity contribution in [1.82, 2.24) is 9.55 Å². The SMILES string of the molecule is COC(=O)c1cc(C#N)ccc1NC(C)c1cc(C)cc2c(=O)n(C)c(N3CCC(C)(C)CC3)nc12. The Bertz CT molecular complexity index is 1420. The van der Waals surface area contributed by atoms with Crippen molar-refractivity contribution in [2.24, 2.45) is 12.5 Å². The summed E-state index contributed by atoms with van der Waals surface area (Å²) in [6.45, 7) is 10.2. The van der Waals surface area contributed by atoms with Crippen LogP contribution in [0.15, 0.2) is 35.1 Å². The van der Waals surface area contributed by atoms with E-state index in [1.165, 1.54) is 13.2 Å². The Hall–Kier alpha value is -3.86. The maximum Gasteiger partial charge on any atom is 0.340 e. The summed E-state index contributed by atoms with van der Waals surface area (Å²) in [6.07, 6.45) is 2.07. The number of hydrogen-bond acceptors (Lipinski definition) is 7. The second kappa shape index (κ2) is 9.65. The van der Waals surface area contributed by atoms with Crippen molar-refractivity contribution >= 4 is 28.5 Å². The molecule has 8 nitrogen and oxygen atoms in total. The number of nitrogens with one attached hydrogen (secondary N) is 1. The van der Waals surface area contributed by atoms with Crippen molar-refractivity contribution < 1.29 is 9.53 Å². The number of nitrogens with zero attached hydrogens (tertiary/aromatic N) is 4. The van der Waals surface area contributed by atoms with Crippen molar-refractivity contribution in [3.05, 3.63) is 62.9 Å². The summed E-state index contributed by atoms with van der Waals surface area (Å²) in [4.78, 5) is 33.1. The number of esters is 1. The first-order valence-electron chi connectivity index (χ1n) is 12.2. The molecule has 8 heteroatoms. The van der Waals surface area contributed by atoms with Crippen LogP contribution in [0.4, 0.5) is 11.6 Å². The van der Waals surface area contributed by atoms with Gasteiger partial charge < -0.3 is 15.0 Å². The summed E-state index contributed by atoms with van der Waals surface area (Å²) in [6, 6.07) is 10.5. The van der Waals surface area contributed by atoms with E-state index in [9.17, 15) is 14.9 Å². The Balaban J connectivity index is 1.79. The molecule has 0 amide bonds. The average Bonchev–Trinajstić information content (AvgIpc) is 2.86. The van der Waals surface area contributed by atoms with Crippen molar-refractivity contribution in [3.63, 3.8) is 0 Å². The first-order chi connectivity index (χ1) is 17.0. The lowest BCUT2D eigenvalue weighted by Gasteiger charge is -2.38. The molecule has 1 aliphatic rings. The number of methoxy groups -OCH3 is 1. The molecule has 2 aromatic carbocycles. The molecule has 4 rings (SSSR count). The Morgan fingerprint density at radius 2 is 1.92 bits per heavy atom. The van der Waals surface area contributed by atoms with Gasteiger partial charge in [-0.05, 0) is 61.9 Å². The molecule has 2 heterocycles. The second-order valence-corrected chi connectivity index (χ2v) is 10.4. The fourth-order valence-corrected chi connectivity index (χ4v) is 4.80. The molecule has 0 saturated carbocycles. The molecule has 0 radical (unpaired) electrons. The monoisotopic (exact) mass is 487 g/mol. The van der Waals surface area contributed by atoms with Gasteiger partial charge in [0.2, 0.25) is 5.95 Å². The van der Waals surface area contributed by atoms with Crippen LogP contribution in [0.3, 0.4) is 0 Å². The van der Waals surface area contributed by atoms with Gasteiger partial charge in [-0.15, -0.1) is 0 Å². The van der Waals surface area contributed by atoms with Crippen LogP contribution in [0.2, 0.25) is 0 Å². The van der Waals surface area contributed by atoms with Crippen LogP contribution < -0.4 is 15.8 Å². The third kappa shape index (κ3) is 4.78. The van der Waals surface area contributed by atoms with Crippen LogP contribution in [0.5, 0.6) is 0 Å². The van der Waals surface area contributed by atoms with Crippen LogP contribution in [0, 0.1) is 23.7 Å². The fraction of sp³-hybridized carbons (Fsp3) is 0.429. The number of aromatic nitrogens is 2. The van der Waals surface area contributed by atoms with Crippen molar-refractivity contribution in [2.75, 3.05) is 30.4 Å². The fourth-order valence-electron chi connectivity index (χ4n) is 4.80. The highest BCUT2D eigenvalue weighted by Crippen LogP contribution is 2.33. The standard InChI is InChI=1S/C28H33N5O3/c1-17-13-20(18(2)30-23-8-7-19(16-29)15-21(23)26(35)36-6)24-22(14-17)25(34)32(5)27(31-24)33-11-9-28(3,4)10-12-33/h7-8,13-15,18,30H,9-12H2,1-6H3. The Morgan fingerprint density at radius 3 is 2.56 bits per heavy atom. The number of aryl methyl sites for hydroxylation is 1. The minimum absolute atomic E-state index is 0.0781. The predicted molar refractivity (Wildman–Crippen MR) is 141 cm³/mol. The number of benzene rings is 2. The summed E-state index contributed by atoms with van der Waals surface area (Å²) in [5.41, 5.74) is 3.86. The number of nitriles is 1. The zero-order chi connectivity index (χ0) is 26.2. The number of rotatable bonds is 5. The van der Waals surface area contributed by atoms with E-state index in [4.69, 9.17) is 9.72 Å². The van der Waals surface area contributed by atoms with Gasteiger partial charge >= 0.3 is 5.97 Å². The second-order valence-electron chi connectivity index (χ2n) is 10.4. The van der Waals surface area contributed by atoms with Gasteiger partial charge in [-0.25, -0.2) is 9.78 Å². The highest BCUT2D eigenvalue weighted by molar-refractivity contribution is 5.96. The van der Waals surface area contributed by atoms with Crippen LogP contribution in [0.1, 0.15) is 66.7 Å². The van der Waals surface area contributed by atoms with Crippen molar-refractivity contribution in [1.29, 1.82) is 5.26 Å². The number of ether oxygens (including phenoxy) is 1. The Labute approximate surface area is 211 Å². The molecule has 36 heavy (non-hydrogen) atoms. The summed E-state index contributed by atoms with van der Waals surface area (Å²) < 4.78 is 6.58. The number of carbonyl (C=O) groups excluding carboxylic acids is 1. The van der Waals surface area contributed by atoms with Crippen molar-refractivity contribution in [3.8, 4) is 6.07 Å². The summed E-state index contributed by atoms with van der Waals surface area (Å²) >= 11 is 0. The van der Waals surface area contributed by atoms with Gasteiger partial charge in [-0.2, -0.15) is 5.26 Å². The third-order valence-electron chi connectivity index (χ3n) is 7.12. The molecule has 1 fully saturated rings. The molecule has 1 N–H and O–H groups in total. The quantitative estimate of drug-likeness (QED) is 0.521. The molecule has 0 bridgehead atoms. The van der Waals surface area contributed by atoms with Crippen LogP contribution >= 0.6 is 0 Å². The van der Waals surface area contributed by atoms with Gasteiger partial charge in [-0.3, -0.25) is 9.36 Å². The minimum Gasteiger partial charge on any atom is -0.465 e. The van der Waals surface area contributed by atoms with Crippen molar-refractivity contribution in [2.45, 2.75) is 46.6 Å². The van der Waals surface area contributed by atoms with Gasteiger partial charge in [0.25, 0.3) is 5.56 Å². The van der Waals surface area contributed by atoms with E-state index in [1.54, 1.807) is 23.7 Å². The molecule has 1 atom stereocenters. The maximum atomic E-state index is 13.4. The molecule has 188 valence electrons. The number of hydrogen-bond donors (Lipinski definition) is 1. The van der Waals surface area contributed by atoms with E-state index in [0.717, 1.165) is 37.1 Å². The zero-order valence-electron chi connectivity index (χ0n) is 21.8. The molecule has 1 aliphatic heterocycles. The molecule has 3 aromatic rings.